The Bertz CT molecular complexity index is 606. The number of anilines is 1. The Hall–Kier alpha value is -1.86. The molecule has 0 saturated carbocycles. The predicted molar refractivity (Wildman–Crippen MR) is 75.1 cm³/mol. The third-order valence-corrected chi connectivity index (χ3v) is 5.03. The molecule has 4 rings (SSSR count). The predicted octanol–water partition coefficient (Wildman–Crippen LogP) is 1.56. The molecule has 20 heavy (non-hydrogen) atoms. The molecule has 1 amide bonds. The topological polar surface area (TPSA) is 47.3 Å². The van der Waals surface area contributed by atoms with E-state index in [1.54, 1.807) is 0 Å². The van der Waals surface area contributed by atoms with Crippen LogP contribution in [0.4, 0.5) is 5.69 Å². The number of amides is 1. The van der Waals surface area contributed by atoms with Crippen LogP contribution in [-0.2, 0) is 11.2 Å². The standard InChI is InChI=1S/C16H17N3O/c17-7-9-18-8-3-5-12-15(18)14-10-11-4-1-2-6-13(11)19(14)16(12)20/h1-2,4,6,12,14-15H,3,5,8-10H2. The molecule has 0 N–H and O–H groups in total. The van der Waals surface area contributed by atoms with Gasteiger partial charge in [0.25, 0.3) is 0 Å². The lowest BCUT2D eigenvalue weighted by molar-refractivity contribution is -0.122. The van der Waals surface area contributed by atoms with Crippen LogP contribution in [0, 0.1) is 17.2 Å². The first-order valence-electron chi connectivity index (χ1n) is 7.33. The first-order chi connectivity index (χ1) is 9.81. The Balaban J connectivity index is 1.74. The highest BCUT2D eigenvalue weighted by Crippen LogP contribution is 2.45. The van der Waals surface area contributed by atoms with Crippen molar-refractivity contribution in [2.24, 2.45) is 5.92 Å². The molecule has 3 aliphatic heterocycles. The monoisotopic (exact) mass is 267 g/mol. The average Bonchev–Trinajstić information content (AvgIpc) is 2.97. The smallest absolute Gasteiger partial charge is 0.232 e. The lowest BCUT2D eigenvalue weighted by Gasteiger charge is -2.36. The Labute approximate surface area is 118 Å². The van der Waals surface area contributed by atoms with E-state index < -0.39 is 0 Å². The van der Waals surface area contributed by atoms with Crippen LogP contribution in [0.2, 0.25) is 0 Å². The third kappa shape index (κ3) is 1.47. The summed E-state index contributed by atoms with van der Waals surface area (Å²) >= 11 is 0. The summed E-state index contributed by atoms with van der Waals surface area (Å²) in [5.41, 5.74) is 2.36. The Morgan fingerprint density at radius 1 is 1.35 bits per heavy atom. The zero-order chi connectivity index (χ0) is 13.7. The van der Waals surface area contributed by atoms with Crippen LogP contribution < -0.4 is 4.90 Å². The molecule has 3 atom stereocenters. The van der Waals surface area contributed by atoms with E-state index in [0.29, 0.717) is 6.54 Å². The zero-order valence-electron chi connectivity index (χ0n) is 11.3. The number of para-hydroxylation sites is 1. The van der Waals surface area contributed by atoms with Crippen molar-refractivity contribution in [1.82, 2.24) is 4.90 Å². The van der Waals surface area contributed by atoms with Crippen molar-refractivity contribution in [3.63, 3.8) is 0 Å². The highest BCUT2D eigenvalue weighted by molar-refractivity contribution is 6.01. The number of carbonyl (C=O) groups is 1. The molecule has 4 nitrogen and oxygen atoms in total. The van der Waals surface area contributed by atoms with Gasteiger partial charge in [0.05, 0.1) is 24.6 Å². The van der Waals surface area contributed by atoms with Crippen LogP contribution in [0.15, 0.2) is 24.3 Å². The second-order valence-corrected chi connectivity index (χ2v) is 5.98. The normalized spacial score (nSPS) is 31.6. The van der Waals surface area contributed by atoms with E-state index in [4.69, 9.17) is 5.26 Å². The van der Waals surface area contributed by atoms with Gasteiger partial charge in [-0.05, 0) is 37.4 Å². The van der Waals surface area contributed by atoms with Gasteiger partial charge in [-0.25, -0.2) is 0 Å². The summed E-state index contributed by atoms with van der Waals surface area (Å²) < 4.78 is 0. The fourth-order valence-electron chi connectivity index (χ4n) is 4.29. The van der Waals surface area contributed by atoms with Gasteiger partial charge in [0.2, 0.25) is 5.91 Å². The van der Waals surface area contributed by atoms with Crippen LogP contribution >= 0.6 is 0 Å². The molecule has 0 bridgehead atoms. The summed E-state index contributed by atoms with van der Waals surface area (Å²) in [5.74, 6) is 0.364. The minimum atomic E-state index is 0.0930. The Morgan fingerprint density at radius 3 is 3.05 bits per heavy atom. The maximum Gasteiger partial charge on any atom is 0.232 e. The van der Waals surface area contributed by atoms with E-state index >= 15 is 0 Å². The van der Waals surface area contributed by atoms with Crippen LogP contribution in [0.3, 0.4) is 0 Å². The average molecular weight is 267 g/mol. The summed E-state index contributed by atoms with van der Waals surface area (Å²) in [7, 11) is 0. The highest BCUT2D eigenvalue weighted by Gasteiger charge is 2.54. The summed E-state index contributed by atoms with van der Waals surface area (Å²) in [6, 6.07) is 10.9. The molecule has 102 valence electrons. The molecular weight excluding hydrogens is 250 g/mol. The SMILES string of the molecule is N#CCN1CCCC2C(=O)N3c4ccccc4CC3C21. The van der Waals surface area contributed by atoms with Gasteiger partial charge in [0.1, 0.15) is 0 Å². The third-order valence-electron chi connectivity index (χ3n) is 5.03. The molecule has 0 spiro atoms. The second kappa shape index (κ2) is 4.32. The molecule has 1 aromatic carbocycles. The lowest BCUT2D eigenvalue weighted by Crippen LogP contribution is -2.49. The van der Waals surface area contributed by atoms with Crippen molar-refractivity contribution in [1.29, 1.82) is 5.26 Å². The number of carbonyl (C=O) groups excluding carboxylic acids is 1. The van der Waals surface area contributed by atoms with Gasteiger partial charge >= 0.3 is 0 Å². The number of nitriles is 1. The van der Waals surface area contributed by atoms with E-state index in [0.717, 1.165) is 31.5 Å². The highest BCUT2D eigenvalue weighted by atomic mass is 16.2. The van der Waals surface area contributed by atoms with Crippen LogP contribution in [0.25, 0.3) is 0 Å². The van der Waals surface area contributed by atoms with Crippen molar-refractivity contribution in [2.45, 2.75) is 31.3 Å². The number of hydrogen-bond donors (Lipinski definition) is 0. The molecule has 1 aromatic rings. The van der Waals surface area contributed by atoms with Gasteiger partial charge in [-0.15, -0.1) is 0 Å². The number of nitrogens with zero attached hydrogens (tertiary/aromatic N) is 3. The lowest BCUT2D eigenvalue weighted by atomic mass is 9.86. The van der Waals surface area contributed by atoms with Crippen LogP contribution in [0.5, 0.6) is 0 Å². The molecule has 0 aromatic heterocycles. The molecule has 0 radical (unpaired) electrons. The summed E-state index contributed by atoms with van der Waals surface area (Å²) in [4.78, 5) is 17.0. The van der Waals surface area contributed by atoms with E-state index in [9.17, 15) is 4.79 Å². The maximum absolute atomic E-state index is 12.8. The Morgan fingerprint density at radius 2 is 2.20 bits per heavy atom. The molecule has 3 heterocycles. The summed E-state index contributed by atoms with van der Waals surface area (Å²) in [5, 5.41) is 9.03. The first kappa shape index (κ1) is 11.9. The molecule has 4 heteroatoms. The number of fused-ring (bicyclic) bond motifs is 5. The van der Waals surface area contributed by atoms with Gasteiger partial charge in [0.15, 0.2) is 0 Å². The van der Waals surface area contributed by atoms with Gasteiger partial charge in [-0.2, -0.15) is 5.26 Å². The molecule has 3 aliphatic rings. The van der Waals surface area contributed by atoms with Gasteiger partial charge in [0, 0.05) is 11.7 Å². The van der Waals surface area contributed by atoms with Crippen molar-refractivity contribution in [3.8, 4) is 6.07 Å². The van der Waals surface area contributed by atoms with E-state index in [1.807, 2.05) is 17.0 Å². The van der Waals surface area contributed by atoms with Crippen molar-refractivity contribution >= 4 is 11.6 Å². The first-order valence-corrected chi connectivity index (χ1v) is 7.33. The zero-order valence-corrected chi connectivity index (χ0v) is 11.3. The summed E-state index contributed by atoms with van der Waals surface area (Å²) in [6.07, 6.45) is 2.93. The molecule has 0 aliphatic carbocycles. The van der Waals surface area contributed by atoms with Gasteiger partial charge in [-0.3, -0.25) is 9.69 Å². The molecule has 2 saturated heterocycles. The van der Waals surface area contributed by atoms with E-state index in [2.05, 4.69) is 23.1 Å². The second-order valence-electron chi connectivity index (χ2n) is 5.98. The van der Waals surface area contributed by atoms with Gasteiger partial charge in [-0.1, -0.05) is 18.2 Å². The van der Waals surface area contributed by atoms with E-state index in [1.165, 1.54) is 5.56 Å². The van der Waals surface area contributed by atoms with Crippen LogP contribution in [-0.4, -0.2) is 36.0 Å². The fourth-order valence-corrected chi connectivity index (χ4v) is 4.29. The van der Waals surface area contributed by atoms with Crippen molar-refractivity contribution < 1.29 is 4.79 Å². The minimum Gasteiger partial charge on any atom is -0.307 e. The van der Waals surface area contributed by atoms with Crippen molar-refractivity contribution in [2.75, 3.05) is 18.0 Å². The molecule has 3 unspecified atom stereocenters. The maximum atomic E-state index is 12.8. The Kier molecular flexibility index (Phi) is 2.58. The number of hydrogen-bond acceptors (Lipinski definition) is 3. The number of benzene rings is 1. The number of rotatable bonds is 1. The largest absolute Gasteiger partial charge is 0.307 e. The quantitative estimate of drug-likeness (QED) is 0.726. The molecular formula is C16H17N3O. The van der Waals surface area contributed by atoms with E-state index in [-0.39, 0.29) is 23.9 Å². The fraction of sp³-hybridized carbons (Fsp3) is 0.500. The minimum absolute atomic E-state index is 0.0930. The van der Waals surface area contributed by atoms with Gasteiger partial charge < -0.3 is 4.90 Å². The molecule has 2 fully saturated rings. The number of piperidine rings is 1. The number of likely N-dealkylation sites (tertiary alicyclic amines) is 1. The van der Waals surface area contributed by atoms with Crippen LogP contribution in [0.1, 0.15) is 18.4 Å². The summed E-state index contributed by atoms with van der Waals surface area (Å²) in [6.45, 7) is 1.39. The van der Waals surface area contributed by atoms with Crippen molar-refractivity contribution in [3.05, 3.63) is 29.8 Å².